The number of Topliss-reactive ketones (excluding diaryl/α,β-unsaturated/α-hetero) is 1. The lowest BCUT2D eigenvalue weighted by molar-refractivity contribution is -0.111. The van der Waals surface area contributed by atoms with Crippen molar-refractivity contribution < 1.29 is 9.59 Å². The van der Waals surface area contributed by atoms with Crippen molar-refractivity contribution in [1.82, 2.24) is 4.98 Å². The first-order valence-corrected chi connectivity index (χ1v) is 10.7. The largest absolute Gasteiger partial charge is 0.322 e. The number of carbonyl (C=O) groups excluding carboxylic acids is 2. The molecule has 156 valence electrons. The van der Waals surface area contributed by atoms with E-state index < -0.39 is 0 Å². The SMILES string of the molecule is O=C(C=Cc1ccc(C(=O)C2(c3ccccc3)CC2)cc1)Nc1ccc2cnccc2c1. The molecule has 1 heterocycles. The summed E-state index contributed by atoms with van der Waals surface area (Å²) >= 11 is 0. The third-order valence-electron chi connectivity index (χ3n) is 6.02. The van der Waals surface area contributed by atoms with Gasteiger partial charge in [0, 0.05) is 35.1 Å². The molecule has 0 saturated heterocycles. The zero-order valence-corrected chi connectivity index (χ0v) is 17.5. The van der Waals surface area contributed by atoms with Crippen molar-refractivity contribution in [3.8, 4) is 0 Å². The fourth-order valence-corrected chi connectivity index (χ4v) is 4.07. The van der Waals surface area contributed by atoms with E-state index in [0.29, 0.717) is 5.56 Å². The Morgan fingerprint density at radius 3 is 2.41 bits per heavy atom. The summed E-state index contributed by atoms with van der Waals surface area (Å²) in [6.07, 6.45) is 8.55. The minimum absolute atomic E-state index is 0.170. The minimum Gasteiger partial charge on any atom is -0.322 e. The number of fused-ring (bicyclic) bond motifs is 1. The van der Waals surface area contributed by atoms with Crippen LogP contribution in [-0.4, -0.2) is 16.7 Å². The number of pyridine rings is 1. The summed E-state index contributed by atoms with van der Waals surface area (Å²) in [4.78, 5) is 29.5. The van der Waals surface area contributed by atoms with Crippen LogP contribution in [0.4, 0.5) is 5.69 Å². The standard InChI is InChI=1S/C28H22N2O2/c31-26(30-25-12-11-23-19-29-17-14-22(23)18-25)13-8-20-6-9-21(10-7-20)27(32)28(15-16-28)24-4-2-1-3-5-24/h1-14,17-19H,15-16H2,(H,30,31). The number of amides is 1. The van der Waals surface area contributed by atoms with Gasteiger partial charge in [0.05, 0.1) is 5.41 Å². The van der Waals surface area contributed by atoms with Gasteiger partial charge in [-0.1, -0.05) is 60.7 Å². The summed E-state index contributed by atoms with van der Waals surface area (Å²) in [5.41, 5.74) is 3.03. The normalized spacial score (nSPS) is 14.4. The Balaban J connectivity index is 1.25. The van der Waals surface area contributed by atoms with Gasteiger partial charge in [0.1, 0.15) is 0 Å². The molecule has 32 heavy (non-hydrogen) atoms. The first-order chi connectivity index (χ1) is 15.6. The van der Waals surface area contributed by atoms with Gasteiger partial charge >= 0.3 is 0 Å². The van der Waals surface area contributed by atoms with Gasteiger partial charge in [-0.3, -0.25) is 14.6 Å². The monoisotopic (exact) mass is 418 g/mol. The molecule has 0 unspecified atom stereocenters. The predicted octanol–water partition coefficient (Wildman–Crippen LogP) is 5.80. The van der Waals surface area contributed by atoms with E-state index in [4.69, 9.17) is 0 Å². The molecule has 1 fully saturated rings. The van der Waals surface area contributed by atoms with Crippen LogP contribution in [0.1, 0.15) is 34.3 Å². The van der Waals surface area contributed by atoms with Crippen molar-refractivity contribution in [3.05, 3.63) is 114 Å². The number of nitrogens with zero attached hydrogens (tertiary/aromatic N) is 1. The molecule has 0 aliphatic heterocycles. The molecule has 0 atom stereocenters. The van der Waals surface area contributed by atoms with E-state index in [1.807, 2.05) is 78.9 Å². The van der Waals surface area contributed by atoms with Gasteiger partial charge in [0.2, 0.25) is 5.91 Å². The number of carbonyl (C=O) groups is 2. The number of nitrogens with one attached hydrogen (secondary N) is 1. The summed E-state index contributed by atoms with van der Waals surface area (Å²) < 4.78 is 0. The zero-order valence-electron chi connectivity index (χ0n) is 17.5. The second-order valence-electron chi connectivity index (χ2n) is 8.16. The zero-order chi connectivity index (χ0) is 22.0. The number of hydrogen-bond donors (Lipinski definition) is 1. The van der Waals surface area contributed by atoms with Gasteiger partial charge in [-0.25, -0.2) is 0 Å². The average Bonchev–Trinajstić information content (AvgIpc) is 3.65. The molecular formula is C28H22N2O2. The Kier molecular flexibility index (Phi) is 5.12. The maximum Gasteiger partial charge on any atom is 0.248 e. The Morgan fingerprint density at radius 2 is 1.66 bits per heavy atom. The van der Waals surface area contributed by atoms with E-state index in [1.54, 1.807) is 18.5 Å². The number of hydrogen-bond acceptors (Lipinski definition) is 3. The Morgan fingerprint density at radius 1 is 0.875 bits per heavy atom. The van der Waals surface area contributed by atoms with Crippen LogP contribution in [0.5, 0.6) is 0 Å². The molecule has 0 bridgehead atoms. The second-order valence-corrected chi connectivity index (χ2v) is 8.16. The molecule has 1 aromatic heterocycles. The summed E-state index contributed by atoms with van der Waals surface area (Å²) in [5.74, 6) is -0.0388. The molecule has 1 saturated carbocycles. The van der Waals surface area contributed by atoms with Crippen molar-refractivity contribution in [1.29, 1.82) is 0 Å². The molecule has 0 spiro atoms. The first kappa shape index (κ1) is 19.9. The maximum absolute atomic E-state index is 13.1. The Bertz CT molecular complexity index is 1320. The molecule has 4 nitrogen and oxygen atoms in total. The van der Waals surface area contributed by atoms with Crippen LogP contribution < -0.4 is 5.32 Å². The van der Waals surface area contributed by atoms with Crippen molar-refractivity contribution in [3.63, 3.8) is 0 Å². The summed E-state index contributed by atoms with van der Waals surface area (Å²) in [6, 6.07) is 25.1. The fourth-order valence-electron chi connectivity index (χ4n) is 4.07. The molecule has 1 N–H and O–H groups in total. The third-order valence-corrected chi connectivity index (χ3v) is 6.02. The topological polar surface area (TPSA) is 59.1 Å². The van der Waals surface area contributed by atoms with Crippen molar-refractivity contribution >= 4 is 34.2 Å². The molecule has 1 aliphatic carbocycles. The number of anilines is 1. The summed E-state index contributed by atoms with van der Waals surface area (Å²) in [7, 11) is 0. The smallest absolute Gasteiger partial charge is 0.248 e. The molecule has 3 aromatic carbocycles. The highest BCUT2D eigenvalue weighted by atomic mass is 16.1. The summed E-state index contributed by atoms with van der Waals surface area (Å²) in [5, 5.41) is 4.92. The molecule has 5 rings (SSSR count). The quantitative estimate of drug-likeness (QED) is 0.318. The van der Waals surface area contributed by atoms with Crippen LogP contribution in [0.25, 0.3) is 16.8 Å². The minimum atomic E-state index is -0.367. The van der Waals surface area contributed by atoms with E-state index in [-0.39, 0.29) is 17.1 Å². The van der Waals surface area contributed by atoms with E-state index in [2.05, 4.69) is 10.3 Å². The van der Waals surface area contributed by atoms with Gasteiger partial charge in [-0.05, 0) is 53.6 Å². The van der Waals surface area contributed by atoms with Gasteiger partial charge in [-0.2, -0.15) is 0 Å². The molecule has 1 aliphatic rings. The summed E-state index contributed by atoms with van der Waals surface area (Å²) in [6.45, 7) is 0. The van der Waals surface area contributed by atoms with Crippen molar-refractivity contribution in [2.24, 2.45) is 0 Å². The van der Waals surface area contributed by atoms with E-state index in [0.717, 1.165) is 40.4 Å². The Hall–Kier alpha value is -4.05. The highest BCUT2D eigenvalue weighted by Crippen LogP contribution is 2.50. The highest BCUT2D eigenvalue weighted by molar-refractivity contribution is 6.06. The number of rotatable bonds is 6. The number of aromatic nitrogens is 1. The molecule has 4 aromatic rings. The van der Waals surface area contributed by atoms with Crippen LogP contribution in [0.2, 0.25) is 0 Å². The highest BCUT2D eigenvalue weighted by Gasteiger charge is 2.50. The van der Waals surface area contributed by atoms with Crippen molar-refractivity contribution in [2.75, 3.05) is 5.32 Å². The average molecular weight is 418 g/mol. The van der Waals surface area contributed by atoms with Crippen LogP contribution in [0.15, 0.2) is 97.3 Å². The number of ketones is 1. The van der Waals surface area contributed by atoms with Gasteiger partial charge < -0.3 is 5.32 Å². The molecule has 1 amide bonds. The Labute approximate surface area is 186 Å². The molecule has 4 heteroatoms. The number of benzene rings is 3. The van der Waals surface area contributed by atoms with Crippen LogP contribution in [-0.2, 0) is 10.2 Å². The van der Waals surface area contributed by atoms with Gasteiger partial charge in [-0.15, -0.1) is 0 Å². The van der Waals surface area contributed by atoms with Crippen LogP contribution >= 0.6 is 0 Å². The van der Waals surface area contributed by atoms with E-state index in [9.17, 15) is 9.59 Å². The van der Waals surface area contributed by atoms with Gasteiger partial charge in [0.15, 0.2) is 5.78 Å². The predicted molar refractivity (Wildman–Crippen MR) is 128 cm³/mol. The fraction of sp³-hybridized carbons (Fsp3) is 0.107. The maximum atomic E-state index is 13.1. The lowest BCUT2D eigenvalue weighted by Gasteiger charge is -2.14. The lowest BCUT2D eigenvalue weighted by Crippen LogP contribution is -2.20. The first-order valence-electron chi connectivity index (χ1n) is 10.7. The third kappa shape index (κ3) is 3.95. The lowest BCUT2D eigenvalue weighted by atomic mass is 9.87. The van der Waals surface area contributed by atoms with E-state index in [1.165, 1.54) is 6.08 Å². The van der Waals surface area contributed by atoms with Crippen LogP contribution in [0, 0.1) is 0 Å². The molecule has 0 radical (unpaired) electrons. The van der Waals surface area contributed by atoms with Crippen molar-refractivity contribution in [2.45, 2.75) is 18.3 Å². The van der Waals surface area contributed by atoms with Gasteiger partial charge in [0.25, 0.3) is 0 Å². The molecular weight excluding hydrogens is 396 g/mol. The van der Waals surface area contributed by atoms with Crippen LogP contribution in [0.3, 0.4) is 0 Å². The second kappa shape index (κ2) is 8.23. The van der Waals surface area contributed by atoms with E-state index >= 15 is 0 Å².